The van der Waals surface area contributed by atoms with Crippen molar-refractivity contribution in [3.05, 3.63) is 10.6 Å². The Hall–Kier alpha value is -1.01. The first-order valence-corrected chi connectivity index (χ1v) is 8.14. The van der Waals surface area contributed by atoms with E-state index >= 15 is 0 Å². The molecule has 0 bridgehead atoms. The van der Waals surface area contributed by atoms with Gasteiger partial charge >= 0.3 is 0 Å². The Bertz CT molecular complexity index is 452. The molecule has 1 fully saturated rings. The van der Waals surface area contributed by atoms with Crippen molar-refractivity contribution >= 4 is 17.4 Å². The minimum absolute atomic E-state index is 0.0763. The van der Waals surface area contributed by atoms with E-state index in [1.54, 1.807) is 0 Å². The molecule has 5 nitrogen and oxygen atoms in total. The predicted octanol–water partition coefficient (Wildman–Crippen LogP) is 2.26. The van der Waals surface area contributed by atoms with Crippen LogP contribution in [0.3, 0.4) is 0 Å². The van der Waals surface area contributed by atoms with Crippen LogP contribution in [-0.2, 0) is 0 Å². The molecule has 1 saturated heterocycles. The third kappa shape index (κ3) is 3.35. The van der Waals surface area contributed by atoms with E-state index in [0.717, 1.165) is 25.2 Å². The van der Waals surface area contributed by atoms with Crippen molar-refractivity contribution in [2.24, 2.45) is 0 Å². The Morgan fingerprint density at radius 2 is 2.20 bits per heavy atom. The zero-order chi connectivity index (χ0) is 14.7. The van der Waals surface area contributed by atoms with Crippen molar-refractivity contribution in [3.8, 4) is 0 Å². The second kappa shape index (κ2) is 6.63. The van der Waals surface area contributed by atoms with Crippen molar-refractivity contribution in [1.29, 1.82) is 0 Å². The number of amides is 1. The van der Waals surface area contributed by atoms with Crippen LogP contribution in [0.1, 0.15) is 61.8 Å². The number of carbonyl (C=O) groups is 1. The van der Waals surface area contributed by atoms with Gasteiger partial charge < -0.3 is 10.2 Å². The van der Waals surface area contributed by atoms with Crippen LogP contribution in [0, 0.1) is 0 Å². The van der Waals surface area contributed by atoms with Crippen LogP contribution in [0.25, 0.3) is 0 Å². The van der Waals surface area contributed by atoms with E-state index in [1.165, 1.54) is 18.0 Å². The van der Waals surface area contributed by atoms with E-state index < -0.39 is 0 Å². The van der Waals surface area contributed by atoms with Gasteiger partial charge in [-0.15, -0.1) is 5.10 Å². The molecule has 6 heteroatoms. The van der Waals surface area contributed by atoms with Gasteiger partial charge in [0.05, 0.1) is 5.69 Å². The van der Waals surface area contributed by atoms with Crippen molar-refractivity contribution < 1.29 is 4.79 Å². The molecule has 0 aromatic carbocycles. The lowest BCUT2D eigenvalue weighted by molar-refractivity contribution is 0.0692. The Kier molecular flexibility index (Phi) is 5.10. The average molecular weight is 296 g/mol. The number of hydrogen-bond acceptors (Lipinski definition) is 5. The summed E-state index contributed by atoms with van der Waals surface area (Å²) in [5, 5.41) is 7.57. The van der Waals surface area contributed by atoms with E-state index in [-0.39, 0.29) is 17.9 Å². The lowest BCUT2D eigenvalue weighted by Gasteiger charge is -2.29. The standard InChI is InChI=1S/C14H24N4OS/c1-9(2)12-13(20-17-16-12)14(19)18(10(3)4)8-11-6-5-7-15-11/h9-11,15H,5-8H2,1-4H3. The van der Waals surface area contributed by atoms with Gasteiger partial charge in [0.2, 0.25) is 0 Å². The van der Waals surface area contributed by atoms with Crippen LogP contribution >= 0.6 is 11.5 Å². The summed E-state index contributed by atoms with van der Waals surface area (Å²) in [6.07, 6.45) is 2.35. The van der Waals surface area contributed by atoms with Gasteiger partial charge in [0.1, 0.15) is 4.88 Å². The highest BCUT2D eigenvalue weighted by atomic mass is 32.1. The van der Waals surface area contributed by atoms with Gasteiger partial charge in [0.15, 0.2) is 0 Å². The summed E-state index contributed by atoms with van der Waals surface area (Å²) in [5.74, 6) is 0.304. The van der Waals surface area contributed by atoms with Crippen LogP contribution in [0.4, 0.5) is 0 Å². The highest BCUT2D eigenvalue weighted by molar-refractivity contribution is 7.08. The zero-order valence-corrected chi connectivity index (χ0v) is 13.5. The summed E-state index contributed by atoms with van der Waals surface area (Å²) < 4.78 is 3.97. The van der Waals surface area contributed by atoms with Crippen molar-refractivity contribution in [3.63, 3.8) is 0 Å². The fourth-order valence-electron chi connectivity index (χ4n) is 2.53. The van der Waals surface area contributed by atoms with Gasteiger partial charge in [-0.05, 0) is 50.7 Å². The molecule has 1 unspecified atom stereocenters. The Labute approximate surface area is 124 Å². The molecule has 1 atom stereocenters. The van der Waals surface area contributed by atoms with Crippen LogP contribution in [-0.4, -0.2) is 45.6 Å². The fourth-order valence-corrected chi connectivity index (χ4v) is 3.31. The number of aromatic nitrogens is 2. The first kappa shape index (κ1) is 15.4. The van der Waals surface area contributed by atoms with Crippen LogP contribution in [0.5, 0.6) is 0 Å². The average Bonchev–Trinajstić information content (AvgIpc) is 3.05. The molecule has 1 aliphatic rings. The maximum Gasteiger partial charge on any atom is 0.267 e. The third-order valence-corrected chi connectivity index (χ3v) is 4.45. The molecule has 20 heavy (non-hydrogen) atoms. The topological polar surface area (TPSA) is 58.1 Å². The summed E-state index contributed by atoms with van der Waals surface area (Å²) in [4.78, 5) is 15.4. The molecule has 0 radical (unpaired) electrons. The van der Waals surface area contributed by atoms with Crippen LogP contribution in [0.2, 0.25) is 0 Å². The minimum atomic E-state index is 0.0763. The van der Waals surface area contributed by atoms with E-state index in [1.807, 2.05) is 18.7 Å². The zero-order valence-electron chi connectivity index (χ0n) is 12.7. The second-order valence-electron chi connectivity index (χ2n) is 5.99. The van der Waals surface area contributed by atoms with Gasteiger partial charge in [-0.2, -0.15) is 0 Å². The molecular weight excluding hydrogens is 272 g/mol. The van der Waals surface area contributed by atoms with Gasteiger partial charge in [0.25, 0.3) is 5.91 Å². The molecule has 1 aliphatic heterocycles. The van der Waals surface area contributed by atoms with E-state index in [9.17, 15) is 4.79 Å². The fraction of sp³-hybridized carbons (Fsp3) is 0.786. The number of hydrogen-bond donors (Lipinski definition) is 1. The van der Waals surface area contributed by atoms with Crippen molar-refractivity contribution in [2.75, 3.05) is 13.1 Å². The normalized spacial score (nSPS) is 19.0. The van der Waals surface area contributed by atoms with Crippen LogP contribution < -0.4 is 5.32 Å². The van der Waals surface area contributed by atoms with Gasteiger partial charge in [-0.3, -0.25) is 4.79 Å². The minimum Gasteiger partial charge on any atom is -0.334 e. The maximum absolute atomic E-state index is 12.8. The quantitative estimate of drug-likeness (QED) is 0.905. The Morgan fingerprint density at radius 3 is 2.75 bits per heavy atom. The molecule has 112 valence electrons. The van der Waals surface area contributed by atoms with Crippen LogP contribution in [0.15, 0.2) is 0 Å². The number of nitrogens with zero attached hydrogens (tertiary/aromatic N) is 3. The SMILES string of the molecule is CC(C)c1nnsc1C(=O)N(CC1CCCN1)C(C)C. The molecular formula is C14H24N4OS. The van der Waals surface area contributed by atoms with Gasteiger partial charge in [0, 0.05) is 18.6 Å². The summed E-state index contributed by atoms with van der Waals surface area (Å²) in [6.45, 7) is 10.1. The highest BCUT2D eigenvalue weighted by Crippen LogP contribution is 2.23. The van der Waals surface area contributed by atoms with E-state index in [4.69, 9.17) is 0 Å². The monoisotopic (exact) mass is 296 g/mol. The molecule has 2 heterocycles. The number of carbonyl (C=O) groups excluding carboxylic acids is 1. The first-order chi connectivity index (χ1) is 9.50. The molecule has 2 rings (SSSR count). The third-order valence-electron chi connectivity index (χ3n) is 3.72. The molecule has 0 saturated carbocycles. The lowest BCUT2D eigenvalue weighted by Crippen LogP contribution is -2.44. The molecule has 0 aliphatic carbocycles. The molecule has 1 amide bonds. The number of rotatable bonds is 5. The summed E-state index contributed by atoms with van der Waals surface area (Å²) >= 11 is 1.22. The number of nitrogens with one attached hydrogen (secondary N) is 1. The Morgan fingerprint density at radius 1 is 1.45 bits per heavy atom. The van der Waals surface area contributed by atoms with Gasteiger partial charge in [-0.25, -0.2) is 0 Å². The van der Waals surface area contributed by atoms with E-state index in [2.05, 4.69) is 28.8 Å². The van der Waals surface area contributed by atoms with Crippen molar-refractivity contribution in [1.82, 2.24) is 19.8 Å². The molecule has 1 aromatic heterocycles. The highest BCUT2D eigenvalue weighted by Gasteiger charge is 2.28. The first-order valence-electron chi connectivity index (χ1n) is 7.37. The van der Waals surface area contributed by atoms with E-state index in [0.29, 0.717) is 10.9 Å². The molecule has 1 N–H and O–H groups in total. The maximum atomic E-state index is 12.8. The summed E-state index contributed by atoms with van der Waals surface area (Å²) in [6, 6.07) is 0.608. The largest absolute Gasteiger partial charge is 0.334 e. The molecule has 1 aromatic rings. The Balaban J connectivity index is 2.15. The van der Waals surface area contributed by atoms with Gasteiger partial charge in [-0.1, -0.05) is 18.3 Å². The summed E-state index contributed by atoms with van der Waals surface area (Å²) in [5.41, 5.74) is 0.824. The summed E-state index contributed by atoms with van der Waals surface area (Å²) in [7, 11) is 0. The lowest BCUT2D eigenvalue weighted by atomic mass is 10.1. The second-order valence-corrected chi connectivity index (χ2v) is 6.74. The van der Waals surface area contributed by atoms with Crippen molar-refractivity contribution in [2.45, 2.75) is 58.5 Å². The smallest absolute Gasteiger partial charge is 0.267 e. The molecule has 0 spiro atoms. The predicted molar refractivity (Wildman–Crippen MR) is 81.2 cm³/mol.